The van der Waals surface area contributed by atoms with Crippen molar-refractivity contribution < 1.29 is 28.4 Å². The highest BCUT2D eigenvalue weighted by Gasteiger charge is 2.48. The zero-order valence-electron chi connectivity index (χ0n) is 23.4. The lowest BCUT2D eigenvalue weighted by Gasteiger charge is -2.45. The second kappa shape index (κ2) is 15.6. The van der Waals surface area contributed by atoms with Crippen LogP contribution in [0.4, 0.5) is 0 Å². The van der Waals surface area contributed by atoms with Gasteiger partial charge in [-0.25, -0.2) is 0 Å². The van der Waals surface area contributed by atoms with Crippen LogP contribution in [0, 0.1) is 0 Å². The standard InChI is InChI=1S/C35H38O6/c1-36-35-34(40-25-30-20-12-5-13-21-30)33(39-24-29-18-10-4-11-19-29)32(38-23-28-16-8-3-9-17-28)31(41-35)26-37-22-27-14-6-2-7-15-27/h2-21,31-35H,22-26H2,1H3/t31-,32+,33+,34-,35?/m1/s1. The lowest BCUT2D eigenvalue weighted by Crippen LogP contribution is -2.61. The molecule has 6 heteroatoms. The molecule has 1 fully saturated rings. The van der Waals surface area contributed by atoms with E-state index in [9.17, 15) is 0 Å². The smallest absolute Gasteiger partial charge is 0.186 e. The van der Waals surface area contributed by atoms with Crippen molar-refractivity contribution in [3.63, 3.8) is 0 Å². The van der Waals surface area contributed by atoms with Crippen LogP contribution in [0.5, 0.6) is 0 Å². The van der Waals surface area contributed by atoms with Gasteiger partial charge in [-0.2, -0.15) is 0 Å². The van der Waals surface area contributed by atoms with E-state index in [1.165, 1.54) is 0 Å². The molecule has 4 aromatic carbocycles. The van der Waals surface area contributed by atoms with Gasteiger partial charge in [-0.05, 0) is 22.3 Å². The summed E-state index contributed by atoms with van der Waals surface area (Å²) in [6, 6.07) is 40.4. The number of rotatable bonds is 14. The molecule has 4 aromatic rings. The first-order valence-corrected chi connectivity index (χ1v) is 14.1. The Balaban J connectivity index is 1.38. The van der Waals surface area contributed by atoms with Crippen molar-refractivity contribution in [2.45, 2.75) is 57.1 Å². The summed E-state index contributed by atoms with van der Waals surface area (Å²) in [6.07, 6.45) is -2.59. The first-order valence-electron chi connectivity index (χ1n) is 14.1. The Labute approximate surface area is 242 Å². The average Bonchev–Trinajstić information content (AvgIpc) is 3.04. The lowest BCUT2D eigenvalue weighted by atomic mass is 9.97. The topological polar surface area (TPSA) is 55.4 Å². The summed E-state index contributed by atoms with van der Waals surface area (Å²) < 4.78 is 38.2. The van der Waals surface area contributed by atoms with Crippen molar-refractivity contribution >= 4 is 0 Å². The van der Waals surface area contributed by atoms with Crippen LogP contribution >= 0.6 is 0 Å². The Hall–Kier alpha value is -3.36. The molecule has 5 rings (SSSR count). The maximum atomic E-state index is 6.63. The number of hydrogen-bond acceptors (Lipinski definition) is 6. The van der Waals surface area contributed by atoms with E-state index in [0.29, 0.717) is 33.0 Å². The molecule has 0 aliphatic carbocycles. The first kappa shape index (κ1) is 29.1. The molecule has 6 nitrogen and oxygen atoms in total. The second-order valence-electron chi connectivity index (χ2n) is 10.1. The maximum Gasteiger partial charge on any atom is 0.186 e. The average molecular weight is 555 g/mol. The number of benzene rings is 4. The second-order valence-corrected chi connectivity index (χ2v) is 10.1. The zero-order chi connectivity index (χ0) is 28.1. The van der Waals surface area contributed by atoms with Gasteiger partial charge in [-0.15, -0.1) is 0 Å². The fraction of sp³-hybridized carbons (Fsp3) is 0.314. The molecule has 0 aromatic heterocycles. The van der Waals surface area contributed by atoms with Crippen molar-refractivity contribution in [2.24, 2.45) is 0 Å². The number of methoxy groups -OCH3 is 1. The van der Waals surface area contributed by atoms with Crippen molar-refractivity contribution in [3.8, 4) is 0 Å². The Morgan fingerprint density at radius 1 is 0.488 bits per heavy atom. The minimum Gasteiger partial charge on any atom is -0.374 e. The van der Waals surface area contributed by atoms with Gasteiger partial charge in [0.2, 0.25) is 0 Å². The van der Waals surface area contributed by atoms with E-state index in [2.05, 4.69) is 0 Å². The SMILES string of the molecule is COC1O[C@H](COCc2ccccc2)[C@H](OCc2ccccc2)[C@H](OCc2ccccc2)[C@H]1OCc1ccccc1. The summed E-state index contributed by atoms with van der Waals surface area (Å²) in [5, 5.41) is 0. The summed E-state index contributed by atoms with van der Waals surface area (Å²) in [7, 11) is 1.63. The number of hydrogen-bond donors (Lipinski definition) is 0. The molecule has 0 N–H and O–H groups in total. The molecule has 41 heavy (non-hydrogen) atoms. The van der Waals surface area contributed by atoms with E-state index < -0.39 is 30.7 Å². The quantitative estimate of drug-likeness (QED) is 0.182. The predicted octanol–water partition coefficient (Wildman–Crippen LogP) is 6.33. The molecule has 1 unspecified atom stereocenters. The minimum absolute atomic E-state index is 0.310. The van der Waals surface area contributed by atoms with Crippen molar-refractivity contribution in [1.82, 2.24) is 0 Å². The Morgan fingerprint density at radius 3 is 1.32 bits per heavy atom. The Bertz CT molecular complexity index is 1260. The molecule has 0 saturated carbocycles. The van der Waals surface area contributed by atoms with Gasteiger partial charge < -0.3 is 28.4 Å². The molecule has 0 radical (unpaired) electrons. The predicted molar refractivity (Wildman–Crippen MR) is 157 cm³/mol. The van der Waals surface area contributed by atoms with Gasteiger partial charge in [0, 0.05) is 7.11 Å². The van der Waals surface area contributed by atoms with E-state index in [1.54, 1.807) is 7.11 Å². The minimum atomic E-state index is -0.665. The van der Waals surface area contributed by atoms with Crippen molar-refractivity contribution in [2.75, 3.05) is 13.7 Å². The van der Waals surface area contributed by atoms with E-state index in [-0.39, 0.29) is 0 Å². The molecular weight excluding hydrogens is 516 g/mol. The number of ether oxygens (including phenoxy) is 6. The molecule has 1 saturated heterocycles. The fourth-order valence-electron chi connectivity index (χ4n) is 4.94. The Morgan fingerprint density at radius 2 is 0.878 bits per heavy atom. The van der Waals surface area contributed by atoms with Crippen LogP contribution in [0.2, 0.25) is 0 Å². The molecular formula is C35H38O6. The van der Waals surface area contributed by atoms with Crippen LogP contribution in [0.15, 0.2) is 121 Å². The molecule has 0 spiro atoms. The third kappa shape index (κ3) is 8.57. The third-order valence-corrected chi connectivity index (χ3v) is 7.07. The molecule has 214 valence electrons. The van der Waals surface area contributed by atoms with Crippen LogP contribution in [0.3, 0.4) is 0 Å². The van der Waals surface area contributed by atoms with E-state index in [1.807, 2.05) is 121 Å². The summed E-state index contributed by atoms with van der Waals surface area (Å²) >= 11 is 0. The largest absolute Gasteiger partial charge is 0.374 e. The summed E-state index contributed by atoms with van der Waals surface area (Å²) in [5.41, 5.74) is 4.27. The van der Waals surface area contributed by atoms with Crippen LogP contribution < -0.4 is 0 Å². The Kier molecular flexibility index (Phi) is 11.1. The maximum absolute atomic E-state index is 6.63. The zero-order valence-corrected chi connectivity index (χ0v) is 23.4. The third-order valence-electron chi connectivity index (χ3n) is 7.07. The summed E-state index contributed by atoms with van der Waals surface area (Å²) in [5.74, 6) is 0. The van der Waals surface area contributed by atoms with Crippen LogP contribution in [0.1, 0.15) is 22.3 Å². The van der Waals surface area contributed by atoms with Gasteiger partial charge in [0.05, 0.1) is 33.0 Å². The van der Waals surface area contributed by atoms with Gasteiger partial charge in [0.25, 0.3) is 0 Å². The first-order chi connectivity index (χ1) is 20.3. The van der Waals surface area contributed by atoms with Crippen LogP contribution in [-0.2, 0) is 54.8 Å². The molecule has 1 aliphatic heterocycles. The van der Waals surface area contributed by atoms with Gasteiger partial charge in [0.1, 0.15) is 24.4 Å². The summed E-state index contributed by atoms with van der Waals surface area (Å²) in [4.78, 5) is 0. The normalized spacial score (nSPS) is 22.4. The van der Waals surface area contributed by atoms with Gasteiger partial charge in [-0.1, -0.05) is 121 Å². The van der Waals surface area contributed by atoms with Crippen molar-refractivity contribution in [3.05, 3.63) is 144 Å². The van der Waals surface area contributed by atoms with Crippen molar-refractivity contribution in [1.29, 1.82) is 0 Å². The summed E-state index contributed by atoms with van der Waals surface area (Å²) in [6.45, 7) is 1.97. The van der Waals surface area contributed by atoms with Gasteiger partial charge >= 0.3 is 0 Å². The van der Waals surface area contributed by atoms with Gasteiger partial charge in [0.15, 0.2) is 6.29 Å². The van der Waals surface area contributed by atoms with Crippen LogP contribution in [0.25, 0.3) is 0 Å². The molecule has 1 heterocycles. The molecule has 5 atom stereocenters. The van der Waals surface area contributed by atoms with Crippen LogP contribution in [-0.4, -0.2) is 44.4 Å². The monoisotopic (exact) mass is 554 g/mol. The van der Waals surface area contributed by atoms with Gasteiger partial charge in [-0.3, -0.25) is 0 Å². The van der Waals surface area contributed by atoms with E-state index in [0.717, 1.165) is 22.3 Å². The molecule has 0 bridgehead atoms. The lowest BCUT2D eigenvalue weighted by molar-refractivity contribution is -0.323. The highest BCUT2D eigenvalue weighted by molar-refractivity contribution is 5.16. The molecule has 0 amide bonds. The highest BCUT2D eigenvalue weighted by Crippen LogP contribution is 2.31. The van der Waals surface area contributed by atoms with E-state index in [4.69, 9.17) is 28.4 Å². The molecule has 1 aliphatic rings. The van der Waals surface area contributed by atoms with E-state index >= 15 is 0 Å². The highest BCUT2D eigenvalue weighted by atomic mass is 16.7. The fourth-order valence-corrected chi connectivity index (χ4v) is 4.94.